The first kappa shape index (κ1) is 10.4. The van der Waals surface area contributed by atoms with Gasteiger partial charge in [0.2, 0.25) is 0 Å². The van der Waals surface area contributed by atoms with E-state index >= 15 is 0 Å². The van der Waals surface area contributed by atoms with Gasteiger partial charge in [-0.2, -0.15) is 0 Å². The van der Waals surface area contributed by atoms with E-state index in [2.05, 4.69) is 0 Å². The molecular weight excluding hydrogens is 216 g/mol. The van der Waals surface area contributed by atoms with E-state index in [0.717, 1.165) is 0 Å². The summed E-state index contributed by atoms with van der Waals surface area (Å²) in [6.07, 6.45) is 1.18. The van der Waals surface area contributed by atoms with Gasteiger partial charge in [0, 0.05) is 16.7 Å². The summed E-state index contributed by atoms with van der Waals surface area (Å²) in [7, 11) is 0. The van der Waals surface area contributed by atoms with Crippen LogP contribution in [0.5, 0.6) is 0 Å². The normalized spacial score (nSPS) is 25.3. The number of ether oxygens (including phenoxy) is 1. The zero-order valence-electron chi connectivity index (χ0n) is 9.69. The third kappa shape index (κ3) is 1.46. The second kappa shape index (κ2) is 3.14. The molecule has 1 fully saturated rings. The Balaban J connectivity index is 2.07. The van der Waals surface area contributed by atoms with E-state index in [0.29, 0.717) is 16.7 Å². The minimum atomic E-state index is -0.325. The van der Waals surface area contributed by atoms with Gasteiger partial charge < -0.3 is 4.74 Å². The van der Waals surface area contributed by atoms with Crippen LogP contribution < -0.4 is 0 Å². The summed E-state index contributed by atoms with van der Waals surface area (Å²) in [5.74, 6) is -0.197. The number of fused-ring (bicyclic) bond motifs is 1. The van der Waals surface area contributed by atoms with Gasteiger partial charge in [0.25, 0.3) is 0 Å². The first-order valence-electron chi connectivity index (χ1n) is 5.58. The van der Waals surface area contributed by atoms with Crippen LogP contribution in [0.15, 0.2) is 35.9 Å². The highest BCUT2D eigenvalue weighted by Gasteiger charge is 2.53. The molecular formula is C14H12O3. The lowest BCUT2D eigenvalue weighted by Gasteiger charge is -2.13. The van der Waals surface area contributed by atoms with Crippen LogP contribution in [0.3, 0.4) is 0 Å². The number of allylic oxidation sites excluding steroid dienone is 1. The molecule has 0 saturated carbocycles. The molecule has 1 heterocycles. The van der Waals surface area contributed by atoms with Gasteiger partial charge >= 0.3 is 0 Å². The molecule has 0 spiro atoms. The third-order valence-electron chi connectivity index (χ3n) is 3.26. The van der Waals surface area contributed by atoms with Crippen molar-refractivity contribution in [2.45, 2.75) is 25.6 Å². The largest absolute Gasteiger partial charge is 0.361 e. The lowest BCUT2D eigenvalue weighted by atomic mass is 9.86. The van der Waals surface area contributed by atoms with Gasteiger partial charge in [0.05, 0.1) is 5.60 Å². The summed E-state index contributed by atoms with van der Waals surface area (Å²) < 4.78 is 5.44. The molecule has 1 aromatic carbocycles. The average molecular weight is 228 g/mol. The smallest absolute Gasteiger partial charge is 0.192 e. The Morgan fingerprint density at radius 3 is 2.29 bits per heavy atom. The lowest BCUT2D eigenvalue weighted by Crippen LogP contribution is -2.22. The van der Waals surface area contributed by atoms with Crippen LogP contribution in [0.1, 0.15) is 34.6 Å². The van der Waals surface area contributed by atoms with E-state index in [1.54, 1.807) is 24.3 Å². The molecule has 2 aliphatic rings. The van der Waals surface area contributed by atoms with Crippen LogP contribution in [0, 0.1) is 0 Å². The van der Waals surface area contributed by atoms with Crippen LogP contribution in [0.25, 0.3) is 0 Å². The van der Waals surface area contributed by atoms with E-state index in [9.17, 15) is 9.59 Å². The molecule has 1 unspecified atom stereocenters. The molecule has 0 radical (unpaired) electrons. The van der Waals surface area contributed by atoms with Crippen LogP contribution in [0.2, 0.25) is 0 Å². The van der Waals surface area contributed by atoms with Gasteiger partial charge in [-0.3, -0.25) is 9.59 Å². The van der Waals surface area contributed by atoms with Gasteiger partial charge in [0.15, 0.2) is 11.6 Å². The molecule has 0 aromatic heterocycles. The Bertz CT molecular complexity index is 567. The molecule has 1 aromatic rings. The second-order valence-corrected chi connectivity index (χ2v) is 4.94. The zero-order chi connectivity index (χ0) is 12.2. The molecule has 1 aliphatic carbocycles. The first-order chi connectivity index (χ1) is 8.00. The van der Waals surface area contributed by atoms with Crippen LogP contribution >= 0.6 is 0 Å². The molecule has 0 bridgehead atoms. The standard InChI is InChI=1S/C14H12O3/c1-14(2)13(17-14)10-7-11(15)8-5-3-4-6-9(8)12(10)16/h3-7,13H,1-2H3. The summed E-state index contributed by atoms with van der Waals surface area (Å²) in [4.78, 5) is 24.1. The van der Waals surface area contributed by atoms with Gasteiger partial charge in [-0.15, -0.1) is 0 Å². The van der Waals surface area contributed by atoms with Crippen molar-refractivity contribution in [1.82, 2.24) is 0 Å². The predicted molar refractivity (Wildman–Crippen MR) is 62.1 cm³/mol. The summed E-state index contributed by atoms with van der Waals surface area (Å²) in [5.41, 5.74) is 1.13. The predicted octanol–water partition coefficient (Wildman–Crippen LogP) is 2.17. The van der Waals surface area contributed by atoms with Crippen LogP contribution in [-0.4, -0.2) is 23.3 Å². The van der Waals surface area contributed by atoms with Crippen molar-refractivity contribution in [2.24, 2.45) is 0 Å². The highest BCUT2D eigenvalue weighted by molar-refractivity contribution is 6.25. The quantitative estimate of drug-likeness (QED) is 0.692. The molecule has 0 amide bonds. The maximum atomic E-state index is 12.2. The maximum absolute atomic E-state index is 12.2. The van der Waals surface area contributed by atoms with Gasteiger partial charge in [-0.1, -0.05) is 24.3 Å². The number of hydrogen-bond acceptors (Lipinski definition) is 3. The van der Waals surface area contributed by atoms with Crippen molar-refractivity contribution >= 4 is 11.6 Å². The highest BCUT2D eigenvalue weighted by atomic mass is 16.6. The minimum absolute atomic E-state index is 0.0872. The fourth-order valence-corrected chi connectivity index (χ4v) is 2.24. The van der Waals surface area contributed by atoms with E-state index in [-0.39, 0.29) is 23.3 Å². The maximum Gasteiger partial charge on any atom is 0.192 e. The van der Waals surface area contributed by atoms with Crippen molar-refractivity contribution in [2.75, 3.05) is 0 Å². The second-order valence-electron chi connectivity index (χ2n) is 4.94. The van der Waals surface area contributed by atoms with Gasteiger partial charge in [-0.05, 0) is 19.9 Å². The van der Waals surface area contributed by atoms with E-state index in [4.69, 9.17) is 4.74 Å². The van der Waals surface area contributed by atoms with E-state index in [1.165, 1.54) is 6.08 Å². The number of epoxide rings is 1. The summed E-state index contributed by atoms with van der Waals surface area (Å²) in [6.45, 7) is 3.83. The highest BCUT2D eigenvalue weighted by Crippen LogP contribution is 2.42. The molecule has 1 atom stereocenters. The average Bonchev–Trinajstić information content (AvgIpc) is 2.93. The molecule has 1 saturated heterocycles. The molecule has 3 rings (SSSR count). The summed E-state index contributed by atoms with van der Waals surface area (Å²) in [6, 6.07) is 6.91. The van der Waals surface area contributed by atoms with Crippen molar-refractivity contribution in [1.29, 1.82) is 0 Å². The Morgan fingerprint density at radius 2 is 1.71 bits per heavy atom. The first-order valence-corrected chi connectivity index (χ1v) is 5.58. The Morgan fingerprint density at radius 1 is 1.12 bits per heavy atom. The Labute approximate surface area is 99.1 Å². The molecule has 0 N–H and O–H groups in total. The zero-order valence-corrected chi connectivity index (χ0v) is 9.69. The summed E-state index contributed by atoms with van der Waals surface area (Å²) in [5, 5.41) is 0. The number of ketones is 2. The monoisotopic (exact) mass is 228 g/mol. The molecule has 3 nitrogen and oxygen atoms in total. The number of carbonyl (C=O) groups is 2. The van der Waals surface area contributed by atoms with E-state index < -0.39 is 0 Å². The van der Waals surface area contributed by atoms with Gasteiger partial charge in [-0.25, -0.2) is 0 Å². The van der Waals surface area contributed by atoms with Crippen LogP contribution in [0.4, 0.5) is 0 Å². The molecule has 17 heavy (non-hydrogen) atoms. The number of carbonyl (C=O) groups excluding carboxylic acids is 2. The van der Waals surface area contributed by atoms with Gasteiger partial charge in [0.1, 0.15) is 6.10 Å². The molecule has 1 aliphatic heterocycles. The van der Waals surface area contributed by atoms with Crippen molar-refractivity contribution in [3.8, 4) is 0 Å². The van der Waals surface area contributed by atoms with Crippen molar-refractivity contribution in [3.05, 3.63) is 47.0 Å². The fraction of sp³-hybridized carbons (Fsp3) is 0.286. The van der Waals surface area contributed by atoms with Crippen LogP contribution in [-0.2, 0) is 4.74 Å². The number of rotatable bonds is 1. The molecule has 86 valence electrons. The Hall–Kier alpha value is -1.74. The SMILES string of the molecule is CC1(C)OC1C1=CC(=O)c2ccccc2C1=O. The number of hydrogen-bond donors (Lipinski definition) is 0. The minimum Gasteiger partial charge on any atom is -0.361 e. The van der Waals surface area contributed by atoms with Crippen molar-refractivity contribution < 1.29 is 14.3 Å². The lowest BCUT2D eigenvalue weighted by molar-refractivity contribution is 0.0978. The summed E-state index contributed by atoms with van der Waals surface area (Å²) >= 11 is 0. The topological polar surface area (TPSA) is 46.7 Å². The third-order valence-corrected chi connectivity index (χ3v) is 3.26. The molecule has 3 heteroatoms. The van der Waals surface area contributed by atoms with Crippen molar-refractivity contribution in [3.63, 3.8) is 0 Å². The number of benzene rings is 1. The van der Waals surface area contributed by atoms with E-state index in [1.807, 2.05) is 13.8 Å². The number of Topliss-reactive ketones (excluding diaryl/α,β-unsaturated/α-hetero) is 1. The fourth-order valence-electron chi connectivity index (χ4n) is 2.24. The Kier molecular flexibility index (Phi) is 1.92.